The summed E-state index contributed by atoms with van der Waals surface area (Å²) in [5.74, 6) is -0.0365. The summed E-state index contributed by atoms with van der Waals surface area (Å²) in [5, 5.41) is 0. The lowest BCUT2D eigenvalue weighted by atomic mass is 9.81. The van der Waals surface area contributed by atoms with Crippen molar-refractivity contribution in [3.8, 4) is 0 Å². The third-order valence-corrected chi connectivity index (χ3v) is 8.38. The minimum atomic E-state index is -3.41. The summed E-state index contributed by atoms with van der Waals surface area (Å²) >= 11 is 0. The van der Waals surface area contributed by atoms with Crippen molar-refractivity contribution in [2.45, 2.75) is 68.6 Å². The molecule has 7 heteroatoms. The van der Waals surface area contributed by atoms with Crippen molar-refractivity contribution < 1.29 is 13.2 Å². The van der Waals surface area contributed by atoms with Gasteiger partial charge in [0.05, 0.1) is 16.7 Å². The summed E-state index contributed by atoms with van der Waals surface area (Å²) in [6, 6.07) is 8.88. The third kappa shape index (κ3) is 4.42. The maximum Gasteiger partial charge on any atom is 0.239 e. The van der Waals surface area contributed by atoms with Gasteiger partial charge in [0.25, 0.3) is 0 Å². The van der Waals surface area contributed by atoms with Crippen molar-refractivity contribution in [3.63, 3.8) is 0 Å². The number of sulfone groups is 1. The van der Waals surface area contributed by atoms with E-state index in [0.717, 1.165) is 19.3 Å². The van der Waals surface area contributed by atoms with Crippen molar-refractivity contribution in [1.82, 2.24) is 9.80 Å². The van der Waals surface area contributed by atoms with Crippen LogP contribution >= 0.6 is 0 Å². The van der Waals surface area contributed by atoms with E-state index in [9.17, 15) is 13.2 Å². The highest BCUT2D eigenvalue weighted by Gasteiger charge is 2.43. The smallest absolute Gasteiger partial charge is 0.239 e. The van der Waals surface area contributed by atoms with Crippen LogP contribution in [-0.4, -0.2) is 67.6 Å². The van der Waals surface area contributed by atoms with Gasteiger partial charge in [-0.3, -0.25) is 4.79 Å². The standard InChI is InChI=1S/C21H33N3O3S/c1-15(2)23(3)17-9-10-20(24-12-11-19(22)21(24)25)16(13-17)14-28(26,27)18-7-5-4-6-8-18/h4-8,15-17,19-20H,9-14,22H2,1-3H3/t16-,17+,19-,20-/m0/s1. The summed E-state index contributed by atoms with van der Waals surface area (Å²) in [4.78, 5) is 17.1. The highest BCUT2D eigenvalue weighted by atomic mass is 32.2. The van der Waals surface area contributed by atoms with E-state index in [0.29, 0.717) is 29.9 Å². The van der Waals surface area contributed by atoms with Gasteiger partial charge in [0.1, 0.15) is 0 Å². The maximum atomic E-state index is 13.1. The molecule has 1 aromatic rings. The minimum absolute atomic E-state index is 0.0252. The summed E-state index contributed by atoms with van der Waals surface area (Å²) in [6.07, 6.45) is 3.24. The Kier molecular flexibility index (Phi) is 6.47. The van der Waals surface area contributed by atoms with Crippen LogP contribution in [0.3, 0.4) is 0 Å². The molecule has 1 saturated carbocycles. The average molecular weight is 408 g/mol. The first-order valence-corrected chi connectivity index (χ1v) is 11.9. The second kappa shape index (κ2) is 8.51. The van der Waals surface area contributed by atoms with Gasteiger partial charge in [0, 0.05) is 24.7 Å². The van der Waals surface area contributed by atoms with Gasteiger partial charge < -0.3 is 15.5 Å². The van der Waals surface area contributed by atoms with Gasteiger partial charge >= 0.3 is 0 Å². The van der Waals surface area contributed by atoms with Crippen LogP contribution in [0.25, 0.3) is 0 Å². The van der Waals surface area contributed by atoms with Crippen molar-refractivity contribution in [3.05, 3.63) is 30.3 Å². The second-order valence-corrected chi connectivity index (χ2v) is 10.6. The normalized spacial score (nSPS) is 29.1. The number of carbonyl (C=O) groups is 1. The second-order valence-electron chi connectivity index (χ2n) is 8.57. The van der Waals surface area contributed by atoms with E-state index in [1.54, 1.807) is 24.3 Å². The molecule has 0 spiro atoms. The molecule has 2 aliphatic rings. The summed E-state index contributed by atoms with van der Waals surface area (Å²) in [6.45, 7) is 4.95. The zero-order chi connectivity index (χ0) is 20.5. The predicted octanol–water partition coefficient (Wildman–Crippen LogP) is 1.90. The molecular formula is C21H33N3O3S. The first-order chi connectivity index (χ1) is 13.2. The molecule has 1 amide bonds. The van der Waals surface area contributed by atoms with E-state index in [2.05, 4.69) is 25.8 Å². The monoisotopic (exact) mass is 407 g/mol. The van der Waals surface area contributed by atoms with Crippen LogP contribution in [0.2, 0.25) is 0 Å². The SMILES string of the molecule is CC(C)N(C)[C@@H]1CC[C@H](N2CC[C@H](N)C2=O)[C@H](CS(=O)(=O)c2ccccc2)C1. The topological polar surface area (TPSA) is 83.7 Å². The molecule has 1 aromatic carbocycles. The molecule has 6 nitrogen and oxygen atoms in total. The fourth-order valence-corrected chi connectivity index (χ4v) is 6.35. The third-order valence-electron chi connectivity index (χ3n) is 6.52. The minimum Gasteiger partial charge on any atom is -0.338 e. The van der Waals surface area contributed by atoms with E-state index >= 15 is 0 Å². The van der Waals surface area contributed by atoms with Crippen molar-refractivity contribution in [2.75, 3.05) is 19.3 Å². The Morgan fingerprint density at radius 2 is 1.86 bits per heavy atom. The number of carbonyl (C=O) groups excluding carboxylic acids is 1. The highest BCUT2D eigenvalue weighted by Crippen LogP contribution is 2.35. The Morgan fingerprint density at radius 1 is 1.18 bits per heavy atom. The van der Waals surface area contributed by atoms with Gasteiger partial charge in [-0.05, 0) is 64.6 Å². The Hall–Kier alpha value is -1.44. The van der Waals surface area contributed by atoms with Gasteiger partial charge in [0.2, 0.25) is 5.91 Å². The molecule has 0 unspecified atom stereocenters. The molecule has 1 saturated heterocycles. The molecule has 28 heavy (non-hydrogen) atoms. The molecule has 4 atom stereocenters. The Balaban J connectivity index is 1.85. The van der Waals surface area contributed by atoms with Crippen LogP contribution in [0.15, 0.2) is 35.2 Å². The van der Waals surface area contributed by atoms with Gasteiger partial charge in [-0.1, -0.05) is 18.2 Å². The lowest BCUT2D eigenvalue weighted by molar-refractivity contribution is -0.132. The number of hydrogen-bond acceptors (Lipinski definition) is 5. The zero-order valence-corrected chi connectivity index (χ0v) is 17.9. The number of hydrogen-bond donors (Lipinski definition) is 1. The van der Waals surface area contributed by atoms with Crippen LogP contribution in [0.4, 0.5) is 0 Å². The molecule has 156 valence electrons. The van der Waals surface area contributed by atoms with E-state index in [-0.39, 0.29) is 23.6 Å². The first kappa shape index (κ1) is 21.3. The average Bonchev–Trinajstić information content (AvgIpc) is 3.00. The zero-order valence-electron chi connectivity index (χ0n) is 17.1. The van der Waals surface area contributed by atoms with Crippen molar-refractivity contribution in [2.24, 2.45) is 11.7 Å². The van der Waals surface area contributed by atoms with E-state index in [4.69, 9.17) is 5.73 Å². The van der Waals surface area contributed by atoms with Gasteiger partial charge in [-0.25, -0.2) is 8.42 Å². The number of amides is 1. The highest BCUT2D eigenvalue weighted by molar-refractivity contribution is 7.91. The molecule has 3 rings (SSSR count). The van der Waals surface area contributed by atoms with Crippen molar-refractivity contribution >= 4 is 15.7 Å². The lowest BCUT2D eigenvalue weighted by Crippen LogP contribution is -2.52. The van der Waals surface area contributed by atoms with Crippen LogP contribution in [0, 0.1) is 5.92 Å². The van der Waals surface area contributed by atoms with Crippen LogP contribution in [0.5, 0.6) is 0 Å². The molecule has 1 aliphatic carbocycles. The van der Waals surface area contributed by atoms with Crippen LogP contribution < -0.4 is 5.73 Å². The Bertz CT molecular complexity index is 781. The quantitative estimate of drug-likeness (QED) is 0.779. The largest absolute Gasteiger partial charge is 0.338 e. The predicted molar refractivity (Wildman–Crippen MR) is 111 cm³/mol. The van der Waals surface area contributed by atoms with E-state index in [1.807, 2.05) is 11.0 Å². The Labute approximate surface area is 169 Å². The number of nitrogens with zero attached hydrogens (tertiary/aromatic N) is 2. The van der Waals surface area contributed by atoms with Gasteiger partial charge in [-0.15, -0.1) is 0 Å². The molecule has 1 aliphatic heterocycles. The molecule has 0 aromatic heterocycles. The molecule has 2 fully saturated rings. The van der Waals surface area contributed by atoms with Crippen LogP contribution in [-0.2, 0) is 14.6 Å². The Morgan fingerprint density at radius 3 is 2.43 bits per heavy atom. The molecular weight excluding hydrogens is 374 g/mol. The molecule has 1 heterocycles. The number of likely N-dealkylation sites (tertiary alicyclic amines) is 1. The fourth-order valence-electron chi connectivity index (χ4n) is 4.66. The summed E-state index contributed by atoms with van der Waals surface area (Å²) < 4.78 is 26.2. The number of rotatable bonds is 6. The molecule has 2 N–H and O–H groups in total. The van der Waals surface area contributed by atoms with E-state index in [1.165, 1.54) is 0 Å². The fraction of sp³-hybridized carbons (Fsp3) is 0.667. The van der Waals surface area contributed by atoms with Crippen LogP contribution in [0.1, 0.15) is 39.5 Å². The van der Waals surface area contributed by atoms with Gasteiger partial charge in [-0.2, -0.15) is 0 Å². The van der Waals surface area contributed by atoms with E-state index < -0.39 is 15.9 Å². The maximum absolute atomic E-state index is 13.1. The van der Waals surface area contributed by atoms with Crippen molar-refractivity contribution in [1.29, 1.82) is 0 Å². The molecule has 0 bridgehead atoms. The molecule has 0 radical (unpaired) electrons. The summed E-state index contributed by atoms with van der Waals surface area (Å²) in [7, 11) is -1.30. The summed E-state index contributed by atoms with van der Waals surface area (Å²) in [5.41, 5.74) is 5.94. The first-order valence-electron chi connectivity index (χ1n) is 10.3. The lowest BCUT2D eigenvalue weighted by Gasteiger charge is -2.44. The van der Waals surface area contributed by atoms with Gasteiger partial charge in [0.15, 0.2) is 9.84 Å². The number of benzene rings is 1. The number of nitrogens with two attached hydrogens (primary N) is 1.